The maximum Gasteiger partial charge on any atom is 0.238 e. The molecule has 0 bridgehead atoms. The van der Waals surface area contributed by atoms with Gasteiger partial charge in [0.05, 0.1) is 25.0 Å². The summed E-state index contributed by atoms with van der Waals surface area (Å²) in [5.74, 6) is 0.629. The highest BCUT2D eigenvalue weighted by atomic mass is 16.5. The van der Waals surface area contributed by atoms with Crippen LogP contribution in [0.15, 0.2) is 18.2 Å². The predicted octanol–water partition coefficient (Wildman–Crippen LogP) is 1.95. The van der Waals surface area contributed by atoms with Crippen LogP contribution in [0.2, 0.25) is 0 Å². The van der Waals surface area contributed by atoms with E-state index in [0.29, 0.717) is 23.7 Å². The normalized spacial score (nSPS) is 10.5. The third-order valence-electron chi connectivity index (χ3n) is 2.89. The largest absolute Gasteiger partial charge is 0.497 e. The molecule has 0 unspecified atom stereocenters. The van der Waals surface area contributed by atoms with E-state index >= 15 is 0 Å². The first-order chi connectivity index (χ1) is 9.10. The molecule has 106 valence electrons. The molecular formula is C14H23N3O2. The molecule has 3 N–H and O–H groups in total. The number of hydrogen-bond acceptors (Lipinski definition) is 4. The fourth-order valence-electron chi connectivity index (χ4n) is 1.84. The van der Waals surface area contributed by atoms with E-state index in [2.05, 4.69) is 17.1 Å². The highest BCUT2D eigenvalue weighted by Gasteiger charge is 2.10. The molecule has 0 atom stereocenters. The molecule has 0 aliphatic heterocycles. The van der Waals surface area contributed by atoms with Gasteiger partial charge in [-0.25, -0.2) is 0 Å². The minimum Gasteiger partial charge on any atom is -0.497 e. The van der Waals surface area contributed by atoms with E-state index in [9.17, 15) is 4.79 Å². The van der Waals surface area contributed by atoms with Gasteiger partial charge in [0.25, 0.3) is 0 Å². The summed E-state index contributed by atoms with van der Waals surface area (Å²) in [5.41, 5.74) is 6.99. The number of nitrogens with two attached hydrogens (primary N) is 1. The Labute approximate surface area is 114 Å². The molecule has 19 heavy (non-hydrogen) atoms. The number of methoxy groups -OCH3 is 1. The molecule has 5 heteroatoms. The topological polar surface area (TPSA) is 67.6 Å². The number of anilines is 2. The highest BCUT2D eigenvalue weighted by molar-refractivity contribution is 5.95. The number of rotatable bonds is 7. The van der Waals surface area contributed by atoms with Crippen LogP contribution in [-0.2, 0) is 4.79 Å². The van der Waals surface area contributed by atoms with Crippen LogP contribution in [0.3, 0.4) is 0 Å². The average molecular weight is 265 g/mol. The van der Waals surface area contributed by atoms with Gasteiger partial charge in [0.15, 0.2) is 0 Å². The summed E-state index contributed by atoms with van der Waals surface area (Å²) in [6.07, 6.45) is 1.03. The molecule has 0 aromatic heterocycles. The first-order valence-corrected chi connectivity index (χ1v) is 6.56. The minimum atomic E-state index is -0.0489. The third kappa shape index (κ3) is 4.79. The van der Waals surface area contributed by atoms with Crippen molar-refractivity contribution < 1.29 is 9.53 Å². The van der Waals surface area contributed by atoms with E-state index in [4.69, 9.17) is 10.5 Å². The van der Waals surface area contributed by atoms with Crippen LogP contribution in [-0.4, -0.2) is 37.6 Å². The molecule has 1 amide bonds. The van der Waals surface area contributed by atoms with Gasteiger partial charge in [0.2, 0.25) is 5.91 Å². The molecule has 0 spiro atoms. The summed E-state index contributed by atoms with van der Waals surface area (Å²) in [5, 5.41) is 2.82. The van der Waals surface area contributed by atoms with Crippen molar-refractivity contribution in [3.63, 3.8) is 0 Å². The highest BCUT2D eigenvalue weighted by Crippen LogP contribution is 2.23. The number of likely N-dealkylation sites (N-methyl/N-ethyl adjacent to an activating group) is 1. The Morgan fingerprint density at radius 1 is 1.42 bits per heavy atom. The second-order valence-corrected chi connectivity index (χ2v) is 4.37. The quantitative estimate of drug-likeness (QED) is 0.739. The molecule has 1 aromatic rings. The summed E-state index contributed by atoms with van der Waals surface area (Å²) in [6, 6.07) is 5.22. The van der Waals surface area contributed by atoms with Gasteiger partial charge in [-0.1, -0.05) is 13.8 Å². The monoisotopic (exact) mass is 265 g/mol. The maximum absolute atomic E-state index is 11.9. The van der Waals surface area contributed by atoms with E-state index in [0.717, 1.165) is 19.5 Å². The van der Waals surface area contributed by atoms with Crippen molar-refractivity contribution in [1.82, 2.24) is 4.90 Å². The second kappa shape index (κ2) is 7.63. The van der Waals surface area contributed by atoms with E-state index < -0.39 is 0 Å². The molecule has 0 aliphatic rings. The van der Waals surface area contributed by atoms with E-state index in [1.54, 1.807) is 25.3 Å². The summed E-state index contributed by atoms with van der Waals surface area (Å²) in [4.78, 5) is 14.0. The van der Waals surface area contributed by atoms with Gasteiger partial charge in [-0.05, 0) is 31.6 Å². The van der Waals surface area contributed by atoms with Crippen molar-refractivity contribution in [2.75, 3.05) is 37.8 Å². The van der Waals surface area contributed by atoms with Gasteiger partial charge in [-0.2, -0.15) is 0 Å². The lowest BCUT2D eigenvalue weighted by Gasteiger charge is -2.19. The Balaban J connectivity index is 2.61. The molecule has 0 radical (unpaired) electrons. The number of carbonyl (C=O) groups is 1. The van der Waals surface area contributed by atoms with Gasteiger partial charge in [0.1, 0.15) is 5.75 Å². The van der Waals surface area contributed by atoms with Crippen molar-refractivity contribution >= 4 is 17.3 Å². The number of amides is 1. The fraction of sp³-hybridized carbons (Fsp3) is 0.500. The van der Waals surface area contributed by atoms with Gasteiger partial charge < -0.3 is 15.8 Å². The van der Waals surface area contributed by atoms with Gasteiger partial charge in [0, 0.05) is 6.07 Å². The number of hydrogen-bond donors (Lipinski definition) is 2. The Morgan fingerprint density at radius 3 is 2.68 bits per heavy atom. The zero-order valence-electron chi connectivity index (χ0n) is 11.9. The molecule has 0 heterocycles. The summed E-state index contributed by atoms with van der Waals surface area (Å²) in [6.45, 7) is 6.31. The number of benzene rings is 1. The molecule has 1 rings (SSSR count). The van der Waals surface area contributed by atoms with Crippen molar-refractivity contribution in [2.24, 2.45) is 0 Å². The van der Waals surface area contributed by atoms with Crippen LogP contribution in [0.25, 0.3) is 0 Å². The molecule has 0 fully saturated rings. The summed E-state index contributed by atoms with van der Waals surface area (Å²) < 4.78 is 5.07. The number of nitrogens with one attached hydrogen (secondary N) is 1. The van der Waals surface area contributed by atoms with Crippen LogP contribution in [0, 0.1) is 0 Å². The zero-order valence-corrected chi connectivity index (χ0v) is 11.9. The summed E-state index contributed by atoms with van der Waals surface area (Å²) >= 11 is 0. The van der Waals surface area contributed by atoms with Crippen molar-refractivity contribution in [3.05, 3.63) is 18.2 Å². The molecular weight excluding hydrogens is 242 g/mol. The minimum absolute atomic E-state index is 0.0489. The first-order valence-electron chi connectivity index (χ1n) is 6.56. The van der Waals surface area contributed by atoms with Crippen LogP contribution in [0.4, 0.5) is 11.4 Å². The Bertz CT molecular complexity index is 421. The molecule has 0 saturated heterocycles. The lowest BCUT2D eigenvalue weighted by molar-refractivity contribution is -0.117. The Morgan fingerprint density at radius 2 is 2.16 bits per heavy atom. The fourth-order valence-corrected chi connectivity index (χ4v) is 1.84. The molecule has 1 aromatic carbocycles. The lowest BCUT2D eigenvalue weighted by Crippen LogP contribution is -2.33. The Kier molecular flexibility index (Phi) is 6.15. The number of ether oxygens (including phenoxy) is 1. The standard InChI is InChI=1S/C14H23N3O2/c1-4-8-17(5-2)10-14(18)16-13-7-6-11(19-3)9-12(13)15/h6-7,9H,4-5,8,10,15H2,1-3H3,(H,16,18). The maximum atomic E-state index is 11.9. The lowest BCUT2D eigenvalue weighted by atomic mass is 10.2. The third-order valence-corrected chi connectivity index (χ3v) is 2.89. The summed E-state index contributed by atoms with van der Waals surface area (Å²) in [7, 11) is 1.58. The van der Waals surface area contributed by atoms with Crippen molar-refractivity contribution in [3.8, 4) is 5.75 Å². The predicted molar refractivity (Wildman–Crippen MR) is 78.4 cm³/mol. The van der Waals surface area contributed by atoms with Gasteiger partial charge in [-0.3, -0.25) is 9.69 Å². The van der Waals surface area contributed by atoms with Crippen molar-refractivity contribution in [1.29, 1.82) is 0 Å². The average Bonchev–Trinajstić information content (AvgIpc) is 2.40. The molecule has 0 aliphatic carbocycles. The van der Waals surface area contributed by atoms with Crippen molar-refractivity contribution in [2.45, 2.75) is 20.3 Å². The molecule has 0 saturated carbocycles. The van der Waals surface area contributed by atoms with Crippen LogP contribution < -0.4 is 15.8 Å². The van der Waals surface area contributed by atoms with Crippen LogP contribution >= 0.6 is 0 Å². The first kappa shape index (κ1) is 15.3. The second-order valence-electron chi connectivity index (χ2n) is 4.37. The number of carbonyl (C=O) groups excluding carboxylic acids is 1. The van der Waals surface area contributed by atoms with E-state index in [1.807, 2.05) is 6.92 Å². The van der Waals surface area contributed by atoms with Crippen LogP contribution in [0.5, 0.6) is 5.75 Å². The van der Waals surface area contributed by atoms with Crippen LogP contribution in [0.1, 0.15) is 20.3 Å². The van der Waals surface area contributed by atoms with E-state index in [-0.39, 0.29) is 5.91 Å². The molecule has 5 nitrogen and oxygen atoms in total. The van der Waals surface area contributed by atoms with Gasteiger partial charge >= 0.3 is 0 Å². The Hall–Kier alpha value is -1.75. The number of nitrogens with zero attached hydrogens (tertiary/aromatic N) is 1. The van der Waals surface area contributed by atoms with E-state index in [1.165, 1.54) is 0 Å². The zero-order chi connectivity index (χ0) is 14.3. The SMILES string of the molecule is CCCN(CC)CC(=O)Nc1ccc(OC)cc1N. The smallest absolute Gasteiger partial charge is 0.238 e. The van der Waals surface area contributed by atoms with Gasteiger partial charge in [-0.15, -0.1) is 0 Å². The number of nitrogen functional groups attached to an aromatic ring is 1.